The summed E-state index contributed by atoms with van der Waals surface area (Å²) in [5, 5.41) is 13.7. The molecule has 3 atom stereocenters. The van der Waals surface area contributed by atoms with E-state index in [2.05, 4.69) is 37.9 Å². The minimum atomic E-state index is -0.132. The summed E-state index contributed by atoms with van der Waals surface area (Å²) in [7, 11) is 0. The first-order chi connectivity index (χ1) is 8.06. The summed E-state index contributed by atoms with van der Waals surface area (Å²) in [5.74, 6) is 1.14. The highest BCUT2D eigenvalue weighted by Gasteiger charge is 2.29. The SMILES string of the molecule is CCC(O)C1CC(NCC(C)C)CN(CC)C1. The maximum atomic E-state index is 10.0. The summed E-state index contributed by atoms with van der Waals surface area (Å²) in [5.41, 5.74) is 0. The van der Waals surface area contributed by atoms with Crippen LogP contribution in [0.2, 0.25) is 0 Å². The number of likely N-dealkylation sites (tertiary alicyclic amines) is 1. The van der Waals surface area contributed by atoms with Crippen LogP contribution in [0.3, 0.4) is 0 Å². The van der Waals surface area contributed by atoms with Crippen LogP contribution in [0.4, 0.5) is 0 Å². The molecule has 3 unspecified atom stereocenters. The standard InChI is InChI=1S/C14H30N2O/c1-5-14(17)12-7-13(15-8-11(3)4)10-16(6-2)9-12/h11-15,17H,5-10H2,1-4H3. The van der Waals surface area contributed by atoms with Crippen molar-refractivity contribution in [2.45, 2.75) is 52.7 Å². The summed E-state index contributed by atoms with van der Waals surface area (Å²) in [4.78, 5) is 2.46. The quantitative estimate of drug-likeness (QED) is 0.744. The van der Waals surface area contributed by atoms with Gasteiger partial charge in [0.1, 0.15) is 0 Å². The van der Waals surface area contributed by atoms with Gasteiger partial charge >= 0.3 is 0 Å². The lowest BCUT2D eigenvalue weighted by molar-refractivity contribution is 0.0371. The van der Waals surface area contributed by atoms with Gasteiger partial charge in [0.15, 0.2) is 0 Å². The van der Waals surface area contributed by atoms with Gasteiger partial charge in [-0.25, -0.2) is 0 Å². The summed E-state index contributed by atoms with van der Waals surface area (Å²) in [6, 6.07) is 0.553. The first-order valence-electron chi connectivity index (χ1n) is 7.20. The first kappa shape index (κ1) is 14.9. The molecule has 17 heavy (non-hydrogen) atoms. The van der Waals surface area contributed by atoms with E-state index in [9.17, 15) is 5.11 Å². The highest BCUT2D eigenvalue weighted by molar-refractivity contribution is 4.86. The average Bonchev–Trinajstić information content (AvgIpc) is 2.34. The molecule has 0 saturated carbocycles. The van der Waals surface area contributed by atoms with E-state index < -0.39 is 0 Å². The molecule has 1 heterocycles. The fraction of sp³-hybridized carbons (Fsp3) is 1.00. The fourth-order valence-corrected chi connectivity index (χ4v) is 2.65. The lowest BCUT2D eigenvalue weighted by atomic mass is 9.88. The molecule has 1 aliphatic heterocycles. The number of hydrogen-bond donors (Lipinski definition) is 2. The van der Waals surface area contributed by atoms with Crippen molar-refractivity contribution in [2.24, 2.45) is 11.8 Å². The molecule has 0 aliphatic carbocycles. The normalized spacial score (nSPS) is 28.6. The van der Waals surface area contributed by atoms with Crippen molar-refractivity contribution in [1.29, 1.82) is 0 Å². The van der Waals surface area contributed by atoms with Crippen molar-refractivity contribution in [3.05, 3.63) is 0 Å². The van der Waals surface area contributed by atoms with Gasteiger partial charge in [0.2, 0.25) is 0 Å². The number of rotatable bonds is 6. The Labute approximate surface area is 107 Å². The van der Waals surface area contributed by atoms with Gasteiger partial charge in [0, 0.05) is 19.1 Å². The van der Waals surface area contributed by atoms with E-state index in [1.54, 1.807) is 0 Å². The zero-order valence-electron chi connectivity index (χ0n) is 11.9. The van der Waals surface area contributed by atoms with Crippen molar-refractivity contribution in [3.63, 3.8) is 0 Å². The second-order valence-corrected chi connectivity index (χ2v) is 5.82. The number of nitrogens with one attached hydrogen (secondary N) is 1. The van der Waals surface area contributed by atoms with Crippen LogP contribution in [-0.2, 0) is 0 Å². The van der Waals surface area contributed by atoms with Crippen molar-refractivity contribution in [1.82, 2.24) is 10.2 Å². The lowest BCUT2D eigenvalue weighted by Crippen LogP contribution is -2.52. The van der Waals surface area contributed by atoms with Gasteiger partial charge in [-0.1, -0.05) is 27.7 Å². The second kappa shape index (κ2) is 7.34. The predicted molar refractivity (Wildman–Crippen MR) is 73.1 cm³/mol. The maximum Gasteiger partial charge on any atom is 0.0578 e. The Morgan fingerprint density at radius 1 is 1.29 bits per heavy atom. The van der Waals surface area contributed by atoms with Gasteiger partial charge in [-0.15, -0.1) is 0 Å². The van der Waals surface area contributed by atoms with Crippen molar-refractivity contribution in [3.8, 4) is 0 Å². The van der Waals surface area contributed by atoms with Crippen molar-refractivity contribution < 1.29 is 5.11 Å². The molecule has 0 bridgehead atoms. The van der Waals surface area contributed by atoms with Gasteiger partial charge in [-0.05, 0) is 37.8 Å². The molecule has 0 aromatic heterocycles. The molecule has 3 nitrogen and oxygen atoms in total. The van der Waals surface area contributed by atoms with E-state index in [0.29, 0.717) is 17.9 Å². The molecule has 0 spiro atoms. The van der Waals surface area contributed by atoms with Gasteiger partial charge in [-0.2, -0.15) is 0 Å². The molecular weight excluding hydrogens is 212 g/mol. The Morgan fingerprint density at radius 3 is 2.53 bits per heavy atom. The fourth-order valence-electron chi connectivity index (χ4n) is 2.65. The number of hydrogen-bond acceptors (Lipinski definition) is 3. The van der Waals surface area contributed by atoms with Gasteiger partial charge in [0.25, 0.3) is 0 Å². The van der Waals surface area contributed by atoms with Gasteiger partial charge in [-0.3, -0.25) is 0 Å². The zero-order chi connectivity index (χ0) is 12.8. The van der Waals surface area contributed by atoms with Crippen LogP contribution >= 0.6 is 0 Å². The summed E-state index contributed by atoms with van der Waals surface area (Å²) in [6.07, 6.45) is 1.87. The number of aliphatic hydroxyl groups is 1. The number of aliphatic hydroxyl groups excluding tert-OH is 1. The number of nitrogens with zero attached hydrogens (tertiary/aromatic N) is 1. The molecule has 0 aromatic carbocycles. The summed E-state index contributed by atoms with van der Waals surface area (Å²) < 4.78 is 0. The third kappa shape index (κ3) is 4.94. The van der Waals surface area contributed by atoms with Crippen LogP contribution in [0, 0.1) is 11.8 Å². The molecule has 102 valence electrons. The minimum absolute atomic E-state index is 0.132. The molecule has 0 radical (unpaired) electrons. The monoisotopic (exact) mass is 242 g/mol. The minimum Gasteiger partial charge on any atom is -0.393 e. The lowest BCUT2D eigenvalue weighted by Gasteiger charge is -2.39. The van der Waals surface area contributed by atoms with Crippen LogP contribution in [0.15, 0.2) is 0 Å². The van der Waals surface area contributed by atoms with E-state index >= 15 is 0 Å². The maximum absolute atomic E-state index is 10.0. The molecular formula is C14H30N2O. The molecule has 1 saturated heterocycles. The van der Waals surface area contributed by atoms with Crippen LogP contribution in [0.25, 0.3) is 0 Å². The molecule has 1 rings (SSSR count). The van der Waals surface area contributed by atoms with E-state index in [1.807, 2.05) is 0 Å². The largest absolute Gasteiger partial charge is 0.393 e. The average molecular weight is 242 g/mol. The summed E-state index contributed by atoms with van der Waals surface area (Å²) in [6.45, 7) is 13.1. The third-order valence-electron chi connectivity index (χ3n) is 3.78. The molecule has 0 amide bonds. The van der Waals surface area contributed by atoms with E-state index in [4.69, 9.17) is 0 Å². The molecule has 2 N–H and O–H groups in total. The van der Waals surface area contributed by atoms with Crippen molar-refractivity contribution in [2.75, 3.05) is 26.2 Å². The number of likely N-dealkylation sites (N-methyl/N-ethyl adjacent to an activating group) is 1. The Morgan fingerprint density at radius 2 is 2.00 bits per heavy atom. The molecule has 1 aliphatic rings. The molecule has 0 aromatic rings. The summed E-state index contributed by atoms with van der Waals surface area (Å²) >= 11 is 0. The topological polar surface area (TPSA) is 35.5 Å². The van der Waals surface area contributed by atoms with Gasteiger partial charge in [0.05, 0.1) is 6.10 Å². The second-order valence-electron chi connectivity index (χ2n) is 5.82. The van der Waals surface area contributed by atoms with E-state index in [1.165, 1.54) is 0 Å². The van der Waals surface area contributed by atoms with Crippen LogP contribution < -0.4 is 5.32 Å². The van der Waals surface area contributed by atoms with Crippen LogP contribution in [0.1, 0.15) is 40.5 Å². The van der Waals surface area contributed by atoms with Gasteiger partial charge < -0.3 is 15.3 Å². The number of piperidine rings is 1. The Balaban J connectivity index is 2.48. The Kier molecular flexibility index (Phi) is 6.45. The zero-order valence-corrected chi connectivity index (χ0v) is 11.9. The smallest absolute Gasteiger partial charge is 0.0578 e. The molecule has 3 heteroatoms. The first-order valence-corrected chi connectivity index (χ1v) is 7.20. The Hall–Kier alpha value is -0.120. The Bertz CT molecular complexity index is 208. The third-order valence-corrected chi connectivity index (χ3v) is 3.78. The highest BCUT2D eigenvalue weighted by atomic mass is 16.3. The molecule has 1 fully saturated rings. The van der Waals surface area contributed by atoms with Crippen molar-refractivity contribution >= 4 is 0 Å². The predicted octanol–water partition coefficient (Wildman–Crippen LogP) is 1.71. The van der Waals surface area contributed by atoms with E-state index in [-0.39, 0.29) is 6.10 Å². The van der Waals surface area contributed by atoms with Crippen LogP contribution in [-0.4, -0.2) is 48.3 Å². The van der Waals surface area contributed by atoms with E-state index in [0.717, 1.165) is 39.0 Å². The van der Waals surface area contributed by atoms with Crippen LogP contribution in [0.5, 0.6) is 0 Å². The highest BCUT2D eigenvalue weighted by Crippen LogP contribution is 2.21.